The highest BCUT2D eigenvalue weighted by atomic mass is 79.9. The van der Waals surface area contributed by atoms with E-state index in [9.17, 15) is 14.4 Å². The van der Waals surface area contributed by atoms with Crippen LogP contribution in [0, 0.1) is 17.1 Å². The van der Waals surface area contributed by atoms with E-state index in [1.54, 1.807) is 32.8 Å². The number of carbonyl (C=O) groups is 1. The van der Waals surface area contributed by atoms with Crippen LogP contribution in [-0.2, 0) is 14.3 Å². The number of anilines is 1. The highest BCUT2D eigenvalue weighted by Crippen LogP contribution is 2.46. The van der Waals surface area contributed by atoms with Gasteiger partial charge in [-0.15, -0.1) is 0 Å². The summed E-state index contributed by atoms with van der Waals surface area (Å²) < 4.78 is 24.9. The van der Waals surface area contributed by atoms with E-state index in [-0.39, 0.29) is 29.4 Å². The highest BCUT2D eigenvalue weighted by molar-refractivity contribution is 9.10. The molecule has 0 radical (unpaired) electrons. The molecule has 0 saturated heterocycles. The second kappa shape index (κ2) is 7.79. The summed E-state index contributed by atoms with van der Waals surface area (Å²) in [5.41, 5.74) is 7.15. The molecular formula is C18H19BrFN3O3. The molecule has 1 atom stereocenters. The van der Waals surface area contributed by atoms with Gasteiger partial charge in [0.15, 0.2) is 0 Å². The maximum atomic E-state index is 14.0. The van der Waals surface area contributed by atoms with Crippen LogP contribution in [0.4, 0.5) is 10.1 Å². The fourth-order valence-corrected chi connectivity index (χ4v) is 3.52. The van der Waals surface area contributed by atoms with Gasteiger partial charge >= 0.3 is 5.97 Å². The molecule has 0 amide bonds. The van der Waals surface area contributed by atoms with Crippen LogP contribution >= 0.6 is 15.9 Å². The molecule has 138 valence electrons. The number of rotatable bonds is 4. The number of nitrogens with two attached hydrogens (primary N) is 1. The van der Waals surface area contributed by atoms with Crippen molar-refractivity contribution in [1.29, 1.82) is 5.26 Å². The summed E-state index contributed by atoms with van der Waals surface area (Å²) >= 11 is 3.36. The normalized spacial score (nSPS) is 16.9. The Kier molecular flexibility index (Phi) is 5.93. The van der Waals surface area contributed by atoms with Gasteiger partial charge in [-0.1, -0.05) is 15.9 Å². The third kappa shape index (κ3) is 3.53. The van der Waals surface area contributed by atoms with Gasteiger partial charge in [-0.05, 0) is 26.0 Å². The average Bonchev–Trinajstić information content (AvgIpc) is 2.53. The molecule has 0 saturated carbocycles. The van der Waals surface area contributed by atoms with Crippen molar-refractivity contribution in [2.45, 2.75) is 19.8 Å². The Morgan fingerprint density at radius 3 is 2.69 bits per heavy atom. The summed E-state index contributed by atoms with van der Waals surface area (Å²) in [6.07, 6.45) is 0. The van der Waals surface area contributed by atoms with Crippen molar-refractivity contribution in [2.75, 3.05) is 25.6 Å². The number of carbonyl (C=O) groups excluding carboxylic acids is 1. The van der Waals surface area contributed by atoms with Crippen LogP contribution in [-0.4, -0.2) is 26.7 Å². The van der Waals surface area contributed by atoms with E-state index in [0.717, 1.165) is 0 Å². The number of esters is 1. The molecule has 1 aliphatic heterocycles. The first kappa shape index (κ1) is 19.8. The lowest BCUT2D eigenvalue weighted by molar-refractivity contribution is -0.139. The molecule has 26 heavy (non-hydrogen) atoms. The quantitative estimate of drug-likeness (QED) is 0.747. The number of hydrogen-bond donors (Lipinski definition) is 1. The van der Waals surface area contributed by atoms with Crippen LogP contribution < -0.4 is 10.6 Å². The predicted octanol–water partition coefficient (Wildman–Crippen LogP) is 3.30. The first-order valence-corrected chi connectivity index (χ1v) is 8.63. The third-order valence-electron chi connectivity index (χ3n) is 3.94. The number of ether oxygens (including phenoxy) is 2. The zero-order chi connectivity index (χ0) is 19.6. The van der Waals surface area contributed by atoms with Gasteiger partial charge in [-0.25, -0.2) is 9.18 Å². The lowest BCUT2D eigenvalue weighted by Crippen LogP contribution is -2.27. The van der Waals surface area contributed by atoms with Crippen molar-refractivity contribution in [3.05, 3.63) is 50.8 Å². The van der Waals surface area contributed by atoms with Crippen LogP contribution in [0.15, 0.2) is 39.4 Å². The first-order valence-electron chi connectivity index (χ1n) is 7.84. The van der Waals surface area contributed by atoms with Gasteiger partial charge in [-0.3, -0.25) is 0 Å². The minimum absolute atomic E-state index is 0.0639. The standard InChI is InChI=1S/C18H19BrFN3O3/c1-5-25-18(24)14-9(2)26-17(22)11(8-21)15(14)16-12(19)6-10(20)7-13(16)23(3)4/h6-7,15H,5,22H2,1-4H3. The summed E-state index contributed by atoms with van der Waals surface area (Å²) in [4.78, 5) is 14.3. The predicted molar refractivity (Wildman–Crippen MR) is 98.4 cm³/mol. The number of allylic oxidation sites excluding steroid dienone is 2. The lowest BCUT2D eigenvalue weighted by atomic mass is 9.82. The van der Waals surface area contributed by atoms with E-state index in [1.807, 2.05) is 6.07 Å². The molecule has 1 aliphatic rings. The smallest absolute Gasteiger partial charge is 0.338 e. The Morgan fingerprint density at radius 2 is 2.15 bits per heavy atom. The van der Waals surface area contributed by atoms with Crippen LogP contribution in [0.25, 0.3) is 0 Å². The highest BCUT2D eigenvalue weighted by Gasteiger charge is 2.39. The van der Waals surface area contributed by atoms with Gasteiger partial charge in [-0.2, -0.15) is 5.26 Å². The van der Waals surface area contributed by atoms with E-state index in [4.69, 9.17) is 15.2 Å². The van der Waals surface area contributed by atoms with Gasteiger partial charge in [0.1, 0.15) is 23.2 Å². The van der Waals surface area contributed by atoms with Crippen molar-refractivity contribution in [3.63, 3.8) is 0 Å². The fraction of sp³-hybridized carbons (Fsp3) is 0.333. The third-order valence-corrected chi connectivity index (χ3v) is 4.60. The molecule has 1 unspecified atom stereocenters. The zero-order valence-corrected chi connectivity index (χ0v) is 16.5. The van der Waals surface area contributed by atoms with Gasteiger partial charge in [0.25, 0.3) is 0 Å². The molecular weight excluding hydrogens is 405 g/mol. The van der Waals surface area contributed by atoms with E-state index in [2.05, 4.69) is 15.9 Å². The first-order chi connectivity index (χ1) is 12.2. The topological polar surface area (TPSA) is 88.6 Å². The largest absolute Gasteiger partial charge is 0.463 e. The molecule has 8 heteroatoms. The van der Waals surface area contributed by atoms with Crippen LogP contribution in [0.3, 0.4) is 0 Å². The molecule has 6 nitrogen and oxygen atoms in total. The van der Waals surface area contributed by atoms with Crippen molar-refractivity contribution >= 4 is 27.6 Å². The fourth-order valence-electron chi connectivity index (χ4n) is 2.87. The second-order valence-electron chi connectivity index (χ2n) is 5.83. The van der Waals surface area contributed by atoms with E-state index in [0.29, 0.717) is 15.7 Å². The maximum Gasteiger partial charge on any atom is 0.338 e. The Morgan fingerprint density at radius 1 is 1.50 bits per heavy atom. The minimum atomic E-state index is -0.847. The summed E-state index contributed by atoms with van der Waals surface area (Å²) in [5, 5.41) is 9.64. The minimum Gasteiger partial charge on any atom is -0.463 e. The summed E-state index contributed by atoms with van der Waals surface area (Å²) in [5.74, 6) is -1.77. The molecule has 1 aromatic carbocycles. The Labute approximate surface area is 159 Å². The number of halogens is 2. The Bertz CT molecular complexity index is 856. The van der Waals surface area contributed by atoms with Crippen LogP contribution in [0.2, 0.25) is 0 Å². The lowest BCUT2D eigenvalue weighted by Gasteiger charge is -2.30. The molecule has 0 bridgehead atoms. The average molecular weight is 424 g/mol. The van der Waals surface area contributed by atoms with Crippen molar-refractivity contribution in [2.24, 2.45) is 5.73 Å². The van der Waals surface area contributed by atoms with Crippen molar-refractivity contribution < 1.29 is 18.7 Å². The summed E-state index contributed by atoms with van der Waals surface area (Å²) in [7, 11) is 3.48. The number of benzene rings is 1. The molecule has 0 fully saturated rings. The van der Waals surface area contributed by atoms with Crippen molar-refractivity contribution in [3.8, 4) is 6.07 Å². The van der Waals surface area contributed by atoms with Crippen LogP contribution in [0.1, 0.15) is 25.3 Å². The number of nitrogens with zero attached hydrogens (tertiary/aromatic N) is 2. The molecule has 0 aromatic heterocycles. The number of nitriles is 1. The molecule has 1 aromatic rings. The van der Waals surface area contributed by atoms with Gasteiger partial charge in [0, 0.05) is 29.8 Å². The van der Waals surface area contributed by atoms with E-state index in [1.165, 1.54) is 12.1 Å². The number of hydrogen-bond acceptors (Lipinski definition) is 6. The Hall–Kier alpha value is -2.53. The molecule has 1 heterocycles. The molecule has 0 spiro atoms. The Balaban J connectivity index is 2.83. The summed E-state index contributed by atoms with van der Waals surface area (Å²) in [6.45, 7) is 3.42. The van der Waals surface area contributed by atoms with Crippen LogP contribution in [0.5, 0.6) is 0 Å². The zero-order valence-electron chi connectivity index (χ0n) is 14.9. The van der Waals surface area contributed by atoms with Gasteiger partial charge in [0.2, 0.25) is 5.88 Å². The molecule has 0 aliphatic carbocycles. The van der Waals surface area contributed by atoms with E-state index >= 15 is 0 Å². The second-order valence-corrected chi connectivity index (χ2v) is 6.68. The monoisotopic (exact) mass is 423 g/mol. The molecule has 2 rings (SSSR count). The van der Waals surface area contributed by atoms with Gasteiger partial charge in [0.05, 0.1) is 18.1 Å². The SMILES string of the molecule is CCOC(=O)C1=C(C)OC(N)=C(C#N)C1c1c(Br)cc(F)cc1N(C)C. The van der Waals surface area contributed by atoms with Gasteiger partial charge < -0.3 is 20.1 Å². The van der Waals surface area contributed by atoms with E-state index < -0.39 is 17.7 Å². The van der Waals surface area contributed by atoms with Crippen molar-refractivity contribution in [1.82, 2.24) is 0 Å². The maximum absolute atomic E-state index is 14.0. The summed E-state index contributed by atoms with van der Waals surface area (Å²) in [6, 6.07) is 4.62. The molecule has 2 N–H and O–H groups in total.